The van der Waals surface area contributed by atoms with E-state index >= 15 is 0 Å². The summed E-state index contributed by atoms with van der Waals surface area (Å²) < 4.78 is 0. The lowest BCUT2D eigenvalue weighted by Gasteiger charge is -2.31. The standard InChI is InChI=1S/C22H24ClN5/c1-16-7-8-19(14-20(16)23)25-21-15-24-27-22(26-21)28-11-9-18(10-12-28)13-17-5-3-2-4-6-17/h2-8,14-15,18H,9-13H2,1H3,(H,25,26,27). The second kappa shape index (κ2) is 8.57. The average Bonchev–Trinajstić information content (AvgIpc) is 2.72. The predicted molar refractivity (Wildman–Crippen MR) is 114 cm³/mol. The second-order valence-electron chi connectivity index (χ2n) is 7.35. The Morgan fingerprint density at radius 2 is 1.89 bits per heavy atom. The normalized spacial score (nSPS) is 14.9. The minimum atomic E-state index is 0.677. The quantitative estimate of drug-likeness (QED) is 0.658. The Labute approximate surface area is 170 Å². The van der Waals surface area contributed by atoms with Crippen LogP contribution in [0, 0.1) is 12.8 Å². The third kappa shape index (κ3) is 4.60. The fourth-order valence-electron chi connectivity index (χ4n) is 3.59. The number of nitrogens with one attached hydrogen (secondary N) is 1. The lowest BCUT2D eigenvalue weighted by Crippen LogP contribution is -2.35. The van der Waals surface area contributed by atoms with Crippen molar-refractivity contribution in [3.8, 4) is 0 Å². The van der Waals surface area contributed by atoms with Gasteiger partial charge in [-0.1, -0.05) is 48.0 Å². The molecule has 28 heavy (non-hydrogen) atoms. The van der Waals surface area contributed by atoms with Crippen LogP contribution >= 0.6 is 11.6 Å². The van der Waals surface area contributed by atoms with Gasteiger partial charge in [0.15, 0.2) is 5.82 Å². The third-order valence-electron chi connectivity index (χ3n) is 5.26. The molecule has 0 bridgehead atoms. The van der Waals surface area contributed by atoms with Crippen molar-refractivity contribution in [1.29, 1.82) is 0 Å². The van der Waals surface area contributed by atoms with Gasteiger partial charge in [-0.2, -0.15) is 10.1 Å². The molecule has 0 spiro atoms. The molecule has 1 aliphatic rings. The van der Waals surface area contributed by atoms with Crippen LogP contribution < -0.4 is 10.2 Å². The van der Waals surface area contributed by atoms with Gasteiger partial charge in [-0.05, 0) is 55.4 Å². The van der Waals surface area contributed by atoms with Crippen LogP contribution in [0.15, 0.2) is 54.7 Å². The molecule has 4 rings (SSSR count). The van der Waals surface area contributed by atoms with Crippen molar-refractivity contribution >= 4 is 29.1 Å². The fraction of sp³-hybridized carbons (Fsp3) is 0.318. The molecule has 3 aromatic rings. The summed E-state index contributed by atoms with van der Waals surface area (Å²) in [5, 5.41) is 12.4. The molecule has 0 amide bonds. The molecule has 1 fully saturated rings. The Hall–Kier alpha value is -2.66. The summed E-state index contributed by atoms with van der Waals surface area (Å²) in [6.07, 6.45) is 5.07. The summed E-state index contributed by atoms with van der Waals surface area (Å²) in [7, 11) is 0. The average molecular weight is 394 g/mol. The zero-order valence-electron chi connectivity index (χ0n) is 16.0. The van der Waals surface area contributed by atoms with E-state index in [1.165, 1.54) is 5.56 Å². The van der Waals surface area contributed by atoms with E-state index in [1.54, 1.807) is 6.20 Å². The topological polar surface area (TPSA) is 53.9 Å². The number of hydrogen-bond donors (Lipinski definition) is 1. The lowest BCUT2D eigenvalue weighted by molar-refractivity contribution is 0.400. The van der Waals surface area contributed by atoms with Crippen LogP contribution in [0.25, 0.3) is 0 Å². The van der Waals surface area contributed by atoms with E-state index in [4.69, 9.17) is 11.6 Å². The maximum Gasteiger partial charge on any atom is 0.247 e. The molecular formula is C22H24ClN5. The minimum absolute atomic E-state index is 0.677. The second-order valence-corrected chi connectivity index (χ2v) is 7.76. The summed E-state index contributed by atoms with van der Waals surface area (Å²) in [6.45, 7) is 3.90. The number of piperidine rings is 1. The number of benzene rings is 2. The summed E-state index contributed by atoms with van der Waals surface area (Å²) in [5.41, 5.74) is 3.36. The van der Waals surface area contributed by atoms with Gasteiger partial charge >= 0.3 is 0 Å². The molecule has 1 aromatic heterocycles. The van der Waals surface area contributed by atoms with Crippen molar-refractivity contribution in [2.75, 3.05) is 23.3 Å². The summed E-state index contributed by atoms with van der Waals surface area (Å²) in [5.74, 6) is 2.07. The number of halogens is 1. The van der Waals surface area contributed by atoms with Gasteiger partial charge in [0.2, 0.25) is 5.95 Å². The van der Waals surface area contributed by atoms with Gasteiger partial charge in [0, 0.05) is 23.8 Å². The Morgan fingerprint density at radius 1 is 1.11 bits per heavy atom. The molecule has 0 aliphatic carbocycles. The first kappa shape index (κ1) is 18.7. The Balaban J connectivity index is 1.37. The monoisotopic (exact) mass is 393 g/mol. The van der Waals surface area contributed by atoms with Crippen molar-refractivity contribution in [3.63, 3.8) is 0 Å². The zero-order valence-corrected chi connectivity index (χ0v) is 16.7. The van der Waals surface area contributed by atoms with Crippen molar-refractivity contribution < 1.29 is 0 Å². The van der Waals surface area contributed by atoms with Gasteiger partial charge in [0.1, 0.15) is 0 Å². The minimum Gasteiger partial charge on any atom is -0.339 e. The largest absolute Gasteiger partial charge is 0.339 e. The number of anilines is 3. The Bertz CT molecular complexity index is 923. The molecule has 5 nitrogen and oxygen atoms in total. The molecule has 2 heterocycles. The first-order valence-electron chi connectivity index (χ1n) is 9.69. The van der Waals surface area contributed by atoms with Crippen LogP contribution in [0.5, 0.6) is 0 Å². The highest BCUT2D eigenvalue weighted by Gasteiger charge is 2.21. The summed E-state index contributed by atoms with van der Waals surface area (Å²) in [6, 6.07) is 16.6. The molecule has 0 atom stereocenters. The van der Waals surface area contributed by atoms with Crippen LogP contribution in [0.4, 0.5) is 17.5 Å². The van der Waals surface area contributed by atoms with E-state index in [2.05, 4.69) is 55.7 Å². The maximum absolute atomic E-state index is 6.21. The fourth-order valence-corrected chi connectivity index (χ4v) is 3.77. The van der Waals surface area contributed by atoms with Crippen molar-refractivity contribution in [2.45, 2.75) is 26.2 Å². The highest BCUT2D eigenvalue weighted by Crippen LogP contribution is 2.25. The van der Waals surface area contributed by atoms with E-state index in [0.717, 1.165) is 48.6 Å². The van der Waals surface area contributed by atoms with Gasteiger partial charge in [-0.15, -0.1) is 5.10 Å². The maximum atomic E-state index is 6.21. The first-order valence-corrected chi connectivity index (χ1v) is 10.1. The SMILES string of the molecule is Cc1ccc(Nc2cnnc(N3CCC(Cc4ccccc4)CC3)n2)cc1Cl. The predicted octanol–water partition coefficient (Wildman–Crippen LogP) is 5.04. The summed E-state index contributed by atoms with van der Waals surface area (Å²) >= 11 is 6.21. The molecule has 144 valence electrons. The van der Waals surface area contributed by atoms with Gasteiger partial charge < -0.3 is 10.2 Å². The van der Waals surface area contributed by atoms with E-state index in [9.17, 15) is 0 Å². The Morgan fingerprint density at radius 3 is 2.64 bits per heavy atom. The van der Waals surface area contributed by atoms with Gasteiger partial charge in [-0.25, -0.2) is 0 Å². The van der Waals surface area contributed by atoms with E-state index in [-0.39, 0.29) is 0 Å². The number of rotatable bonds is 5. The molecule has 1 aliphatic heterocycles. The summed E-state index contributed by atoms with van der Waals surface area (Å²) in [4.78, 5) is 6.87. The van der Waals surface area contributed by atoms with Crippen molar-refractivity contribution in [2.24, 2.45) is 5.92 Å². The van der Waals surface area contributed by atoms with Crippen molar-refractivity contribution in [1.82, 2.24) is 15.2 Å². The number of nitrogens with zero attached hydrogens (tertiary/aromatic N) is 4. The van der Waals surface area contributed by atoms with Gasteiger partial charge in [-0.3, -0.25) is 0 Å². The van der Waals surface area contributed by atoms with Crippen LogP contribution in [0.2, 0.25) is 5.02 Å². The number of aromatic nitrogens is 3. The molecule has 0 unspecified atom stereocenters. The third-order valence-corrected chi connectivity index (χ3v) is 5.66. The molecular weight excluding hydrogens is 370 g/mol. The van der Waals surface area contributed by atoms with E-state index in [1.807, 2.05) is 25.1 Å². The highest BCUT2D eigenvalue weighted by atomic mass is 35.5. The Kier molecular flexibility index (Phi) is 5.72. The van der Waals surface area contributed by atoms with Gasteiger partial charge in [0.05, 0.1) is 6.20 Å². The van der Waals surface area contributed by atoms with E-state index < -0.39 is 0 Å². The zero-order chi connectivity index (χ0) is 19.3. The molecule has 0 saturated carbocycles. The first-order chi connectivity index (χ1) is 13.7. The van der Waals surface area contributed by atoms with Gasteiger partial charge in [0.25, 0.3) is 0 Å². The highest BCUT2D eigenvalue weighted by molar-refractivity contribution is 6.31. The molecule has 1 saturated heterocycles. The molecule has 0 radical (unpaired) electrons. The van der Waals surface area contributed by atoms with Crippen molar-refractivity contribution in [3.05, 3.63) is 70.9 Å². The number of aryl methyl sites for hydroxylation is 1. The van der Waals surface area contributed by atoms with Crippen LogP contribution in [-0.2, 0) is 6.42 Å². The smallest absolute Gasteiger partial charge is 0.247 e. The molecule has 1 N–H and O–H groups in total. The molecule has 2 aromatic carbocycles. The van der Waals surface area contributed by atoms with E-state index in [0.29, 0.717) is 17.7 Å². The lowest BCUT2D eigenvalue weighted by atomic mass is 9.90. The molecule has 6 heteroatoms. The number of hydrogen-bond acceptors (Lipinski definition) is 5. The van der Waals surface area contributed by atoms with Crippen LogP contribution in [0.1, 0.15) is 24.0 Å². The van der Waals surface area contributed by atoms with Crippen LogP contribution in [0.3, 0.4) is 0 Å². The van der Waals surface area contributed by atoms with Crippen LogP contribution in [-0.4, -0.2) is 28.3 Å².